The van der Waals surface area contributed by atoms with E-state index in [1.54, 1.807) is 11.5 Å². The lowest BCUT2D eigenvalue weighted by atomic mass is 9.95. The Hall–Kier alpha value is -1.70. The van der Waals surface area contributed by atoms with Crippen LogP contribution in [-0.4, -0.2) is 41.4 Å². The fourth-order valence-corrected chi connectivity index (χ4v) is 5.32. The average Bonchev–Trinajstić information content (AvgIpc) is 3.28. The molecule has 1 amide bonds. The van der Waals surface area contributed by atoms with E-state index in [0.717, 1.165) is 55.1 Å². The average molecular weight is 449 g/mol. The second-order valence-corrected chi connectivity index (χ2v) is 8.60. The van der Waals surface area contributed by atoms with Gasteiger partial charge in [0.15, 0.2) is 0 Å². The second-order valence-electron chi connectivity index (χ2n) is 7.39. The normalized spacial score (nSPS) is 17.6. The predicted molar refractivity (Wildman–Crippen MR) is 122 cm³/mol. The molecule has 1 aromatic heterocycles. The highest BCUT2D eigenvalue weighted by Gasteiger charge is 2.28. The van der Waals surface area contributed by atoms with Gasteiger partial charge in [-0.3, -0.25) is 9.69 Å². The molecule has 0 radical (unpaired) electrons. The van der Waals surface area contributed by atoms with E-state index in [1.807, 2.05) is 6.07 Å². The minimum atomic E-state index is 0. The summed E-state index contributed by atoms with van der Waals surface area (Å²) < 4.78 is 5.97. The van der Waals surface area contributed by atoms with Gasteiger partial charge in [0.25, 0.3) is 0 Å². The largest absolute Gasteiger partial charge is 0.325 e. The standard InChI is InChI=1S/C21H21ClN4OS.ClH/c22-16-11-17-13(10-21(27)24-17)9-15(16)19(26-7-5-23-6-8-26)12-18-14-3-1-2-4-20(14)28-25-18;/h1-4,9,11,19,23H,5-8,10,12H2,(H,24,27);1H. The molecular weight excluding hydrogens is 427 g/mol. The summed E-state index contributed by atoms with van der Waals surface area (Å²) >= 11 is 8.27. The number of anilines is 1. The summed E-state index contributed by atoms with van der Waals surface area (Å²) in [6, 6.07) is 12.6. The van der Waals surface area contributed by atoms with Crippen LogP contribution in [0.3, 0.4) is 0 Å². The molecular formula is C21H22Cl2N4OS. The van der Waals surface area contributed by atoms with Gasteiger partial charge in [-0.15, -0.1) is 12.4 Å². The van der Waals surface area contributed by atoms with Crippen molar-refractivity contribution in [2.75, 3.05) is 31.5 Å². The van der Waals surface area contributed by atoms with E-state index in [1.165, 1.54) is 10.1 Å². The van der Waals surface area contributed by atoms with Crippen LogP contribution in [0.5, 0.6) is 0 Å². The molecule has 29 heavy (non-hydrogen) atoms. The fourth-order valence-electron chi connectivity index (χ4n) is 4.22. The fraction of sp³-hybridized carbons (Fsp3) is 0.333. The first kappa shape index (κ1) is 20.6. The number of hydrogen-bond donors (Lipinski definition) is 2. The minimum Gasteiger partial charge on any atom is -0.325 e. The van der Waals surface area contributed by atoms with Crippen LogP contribution in [0.1, 0.15) is 22.9 Å². The van der Waals surface area contributed by atoms with Gasteiger partial charge >= 0.3 is 0 Å². The van der Waals surface area contributed by atoms with Gasteiger partial charge in [0, 0.05) is 54.7 Å². The highest BCUT2D eigenvalue weighted by Crippen LogP contribution is 2.37. The van der Waals surface area contributed by atoms with Gasteiger partial charge in [0.1, 0.15) is 0 Å². The summed E-state index contributed by atoms with van der Waals surface area (Å²) in [7, 11) is 0. The van der Waals surface area contributed by atoms with E-state index < -0.39 is 0 Å². The topological polar surface area (TPSA) is 57.3 Å². The molecule has 2 aliphatic heterocycles. The van der Waals surface area contributed by atoms with Crippen LogP contribution >= 0.6 is 35.5 Å². The third-order valence-corrected chi connectivity index (χ3v) is 6.83. The Morgan fingerprint density at radius 2 is 2.00 bits per heavy atom. The number of halogens is 2. The van der Waals surface area contributed by atoms with Crippen LogP contribution in [0.15, 0.2) is 36.4 Å². The van der Waals surface area contributed by atoms with Gasteiger partial charge in [-0.25, -0.2) is 0 Å². The molecule has 0 aliphatic carbocycles. The van der Waals surface area contributed by atoms with Crippen LogP contribution in [-0.2, 0) is 17.6 Å². The van der Waals surface area contributed by atoms with Crippen molar-refractivity contribution in [3.63, 3.8) is 0 Å². The molecule has 1 atom stereocenters. The number of rotatable bonds is 4. The number of amides is 1. The number of carbonyl (C=O) groups is 1. The number of hydrogen-bond acceptors (Lipinski definition) is 5. The first-order valence-electron chi connectivity index (χ1n) is 9.59. The number of nitrogens with one attached hydrogen (secondary N) is 2. The van der Waals surface area contributed by atoms with Crippen LogP contribution in [0, 0.1) is 0 Å². The van der Waals surface area contributed by atoms with Gasteiger partial charge in [0.05, 0.1) is 16.8 Å². The van der Waals surface area contributed by atoms with Gasteiger partial charge in [-0.1, -0.05) is 35.9 Å². The summed E-state index contributed by atoms with van der Waals surface area (Å²) in [5, 5.41) is 8.26. The Bertz CT molecular complexity index is 1050. The monoisotopic (exact) mass is 448 g/mol. The third-order valence-electron chi connectivity index (χ3n) is 5.64. The van der Waals surface area contributed by atoms with Crippen LogP contribution in [0.25, 0.3) is 10.1 Å². The molecule has 1 fully saturated rings. The molecule has 8 heteroatoms. The van der Waals surface area contributed by atoms with Crippen molar-refractivity contribution in [2.45, 2.75) is 18.9 Å². The molecule has 2 N–H and O–H groups in total. The summed E-state index contributed by atoms with van der Waals surface area (Å²) in [6.45, 7) is 3.88. The summed E-state index contributed by atoms with van der Waals surface area (Å²) in [4.78, 5) is 14.3. The van der Waals surface area contributed by atoms with Gasteiger partial charge < -0.3 is 10.6 Å². The molecule has 5 rings (SSSR count). The Morgan fingerprint density at radius 1 is 1.21 bits per heavy atom. The van der Waals surface area contributed by atoms with E-state index in [0.29, 0.717) is 11.4 Å². The lowest BCUT2D eigenvalue weighted by Gasteiger charge is -2.35. The Labute approximate surface area is 185 Å². The van der Waals surface area contributed by atoms with Crippen molar-refractivity contribution in [1.82, 2.24) is 14.6 Å². The van der Waals surface area contributed by atoms with E-state index in [4.69, 9.17) is 16.0 Å². The van der Waals surface area contributed by atoms with Crippen molar-refractivity contribution in [3.05, 3.63) is 58.2 Å². The molecule has 3 aromatic rings. The molecule has 5 nitrogen and oxygen atoms in total. The molecule has 0 bridgehead atoms. The number of aromatic nitrogens is 1. The molecule has 1 unspecified atom stereocenters. The van der Waals surface area contributed by atoms with Crippen molar-refractivity contribution < 1.29 is 4.79 Å². The summed E-state index contributed by atoms with van der Waals surface area (Å²) in [6.07, 6.45) is 1.23. The highest BCUT2D eigenvalue weighted by molar-refractivity contribution is 7.13. The van der Waals surface area contributed by atoms with E-state index >= 15 is 0 Å². The van der Waals surface area contributed by atoms with E-state index in [2.05, 4.69) is 45.9 Å². The minimum absolute atomic E-state index is 0. The van der Waals surface area contributed by atoms with E-state index in [9.17, 15) is 4.79 Å². The molecule has 2 aromatic carbocycles. The molecule has 152 valence electrons. The van der Waals surface area contributed by atoms with Gasteiger partial charge in [-0.2, -0.15) is 4.37 Å². The van der Waals surface area contributed by atoms with Crippen molar-refractivity contribution in [3.8, 4) is 0 Å². The Morgan fingerprint density at radius 3 is 2.83 bits per heavy atom. The van der Waals surface area contributed by atoms with Crippen molar-refractivity contribution >= 4 is 57.2 Å². The molecule has 1 saturated heterocycles. The third kappa shape index (κ3) is 4.00. The molecule has 2 aliphatic rings. The maximum atomic E-state index is 11.8. The number of carbonyl (C=O) groups excluding carboxylic acids is 1. The summed E-state index contributed by atoms with van der Waals surface area (Å²) in [5.41, 5.74) is 4.09. The zero-order valence-corrected chi connectivity index (χ0v) is 18.2. The molecule has 0 saturated carbocycles. The van der Waals surface area contributed by atoms with Crippen LogP contribution in [0.4, 0.5) is 5.69 Å². The van der Waals surface area contributed by atoms with Crippen molar-refractivity contribution in [2.24, 2.45) is 0 Å². The van der Waals surface area contributed by atoms with Gasteiger partial charge in [0.2, 0.25) is 5.91 Å². The Balaban J connectivity index is 0.00000205. The SMILES string of the molecule is Cl.O=C1Cc2cc(C(Cc3nsc4ccccc34)N3CCNCC3)c(Cl)cc2N1. The van der Waals surface area contributed by atoms with Gasteiger partial charge in [-0.05, 0) is 34.8 Å². The van der Waals surface area contributed by atoms with Crippen LogP contribution in [0.2, 0.25) is 5.02 Å². The second kappa shape index (κ2) is 8.58. The number of benzene rings is 2. The quantitative estimate of drug-likeness (QED) is 0.631. The number of nitrogens with zero attached hydrogens (tertiary/aromatic N) is 2. The number of piperazine rings is 1. The zero-order valence-electron chi connectivity index (χ0n) is 15.8. The molecule has 0 spiro atoms. The Kier molecular flexibility index (Phi) is 6.08. The zero-order chi connectivity index (χ0) is 19.1. The highest BCUT2D eigenvalue weighted by atomic mass is 35.5. The summed E-state index contributed by atoms with van der Waals surface area (Å²) in [5.74, 6) is 0.0347. The first-order chi connectivity index (χ1) is 13.7. The lowest BCUT2D eigenvalue weighted by molar-refractivity contribution is -0.115. The van der Waals surface area contributed by atoms with E-state index in [-0.39, 0.29) is 24.4 Å². The lowest BCUT2D eigenvalue weighted by Crippen LogP contribution is -2.45. The maximum absolute atomic E-state index is 11.8. The van der Waals surface area contributed by atoms with Crippen molar-refractivity contribution in [1.29, 1.82) is 0 Å². The molecule has 3 heterocycles. The number of fused-ring (bicyclic) bond motifs is 2. The van der Waals surface area contributed by atoms with Crippen LogP contribution < -0.4 is 10.6 Å². The first-order valence-corrected chi connectivity index (χ1v) is 10.7. The predicted octanol–water partition coefficient (Wildman–Crippen LogP) is 4.06. The maximum Gasteiger partial charge on any atom is 0.228 e. The smallest absolute Gasteiger partial charge is 0.228 e.